The number of aromatic nitrogens is 5. The smallest absolute Gasteiger partial charge is 0.152 e. The zero-order valence-electron chi connectivity index (χ0n) is 12.1. The summed E-state index contributed by atoms with van der Waals surface area (Å²) in [4.78, 5) is 8.36. The number of hydrogen-bond acceptors (Lipinski definition) is 5. The molecular weight excluding hydrogens is 288 g/mol. The minimum Gasteiger partial charge on any atom is -0.361 e. The van der Waals surface area contributed by atoms with Crippen molar-refractivity contribution in [1.82, 2.24) is 24.7 Å². The predicted molar refractivity (Wildman–Crippen MR) is 81.2 cm³/mol. The zero-order valence-corrected chi connectivity index (χ0v) is 12.8. The van der Waals surface area contributed by atoms with Crippen molar-refractivity contribution in [2.24, 2.45) is 0 Å². The Hall–Kier alpha value is -1.69. The molecule has 0 unspecified atom stereocenters. The average Bonchev–Trinajstić information content (AvgIpc) is 2.97. The molecule has 0 atom stereocenters. The Labute approximate surface area is 129 Å². The number of hydrogen-bond donors (Lipinski definition) is 1. The van der Waals surface area contributed by atoms with E-state index in [1.807, 2.05) is 13.3 Å². The zero-order chi connectivity index (χ0) is 14.7. The van der Waals surface area contributed by atoms with E-state index in [0.29, 0.717) is 29.3 Å². The van der Waals surface area contributed by atoms with Crippen LogP contribution in [0.25, 0.3) is 0 Å². The third-order valence-electron chi connectivity index (χ3n) is 3.89. The Kier molecular flexibility index (Phi) is 4.34. The van der Waals surface area contributed by atoms with E-state index in [2.05, 4.69) is 30.0 Å². The minimum absolute atomic E-state index is 0.518. The van der Waals surface area contributed by atoms with Gasteiger partial charge >= 0.3 is 0 Å². The Morgan fingerprint density at radius 3 is 2.95 bits per heavy atom. The van der Waals surface area contributed by atoms with Crippen LogP contribution in [0.1, 0.15) is 49.8 Å². The summed E-state index contributed by atoms with van der Waals surface area (Å²) in [7, 11) is 0. The number of nitrogens with zero attached hydrogens (tertiary/aromatic N) is 5. The van der Waals surface area contributed by atoms with Crippen LogP contribution in [0.5, 0.6) is 0 Å². The van der Waals surface area contributed by atoms with Crippen molar-refractivity contribution in [3.63, 3.8) is 0 Å². The van der Waals surface area contributed by atoms with Gasteiger partial charge in [-0.05, 0) is 19.8 Å². The molecule has 1 aliphatic rings. The molecule has 0 saturated heterocycles. The van der Waals surface area contributed by atoms with Crippen molar-refractivity contribution in [3.8, 4) is 0 Å². The van der Waals surface area contributed by atoms with Gasteiger partial charge in [-0.15, -0.1) is 10.2 Å². The molecule has 2 heterocycles. The topological polar surface area (TPSA) is 68.5 Å². The molecule has 1 fully saturated rings. The number of anilines is 1. The summed E-state index contributed by atoms with van der Waals surface area (Å²) in [6, 6.07) is 0.521. The second-order valence-electron chi connectivity index (χ2n) is 5.41. The second-order valence-corrected chi connectivity index (χ2v) is 5.82. The van der Waals surface area contributed by atoms with Crippen LogP contribution in [-0.4, -0.2) is 24.7 Å². The molecule has 0 aliphatic heterocycles. The highest BCUT2D eigenvalue weighted by molar-refractivity contribution is 6.32. The van der Waals surface area contributed by atoms with Gasteiger partial charge in [-0.25, -0.2) is 9.97 Å². The maximum atomic E-state index is 6.09. The van der Waals surface area contributed by atoms with E-state index in [1.165, 1.54) is 32.1 Å². The van der Waals surface area contributed by atoms with Crippen molar-refractivity contribution in [3.05, 3.63) is 29.2 Å². The van der Waals surface area contributed by atoms with Gasteiger partial charge in [-0.1, -0.05) is 30.9 Å². The molecule has 0 aromatic carbocycles. The summed E-state index contributed by atoms with van der Waals surface area (Å²) in [6.45, 7) is 2.40. The van der Waals surface area contributed by atoms with Gasteiger partial charge in [0.2, 0.25) is 0 Å². The van der Waals surface area contributed by atoms with Crippen LogP contribution < -0.4 is 5.32 Å². The van der Waals surface area contributed by atoms with E-state index in [9.17, 15) is 0 Å². The maximum absolute atomic E-state index is 6.09. The van der Waals surface area contributed by atoms with Gasteiger partial charge in [0.05, 0.1) is 12.7 Å². The fourth-order valence-electron chi connectivity index (χ4n) is 2.80. The van der Waals surface area contributed by atoms with Crippen LogP contribution in [0, 0.1) is 6.92 Å². The lowest BCUT2D eigenvalue weighted by Crippen LogP contribution is -2.17. The first-order valence-electron chi connectivity index (χ1n) is 7.35. The van der Waals surface area contributed by atoms with Crippen molar-refractivity contribution in [2.75, 3.05) is 5.32 Å². The first-order valence-corrected chi connectivity index (χ1v) is 7.73. The van der Waals surface area contributed by atoms with Gasteiger partial charge in [0.15, 0.2) is 5.82 Å². The summed E-state index contributed by atoms with van der Waals surface area (Å²) in [5.41, 5.74) is 0. The standard InChI is InChI=1S/C14H19ClN6/c1-10-16-7-12(15)14(19-10)17-8-13-20-18-9-21(13)11-5-3-2-4-6-11/h7,9,11H,2-6,8H2,1H3,(H,16,17,19). The largest absolute Gasteiger partial charge is 0.361 e. The van der Waals surface area contributed by atoms with Gasteiger partial charge in [0.1, 0.15) is 23.0 Å². The lowest BCUT2D eigenvalue weighted by atomic mass is 9.95. The highest BCUT2D eigenvalue weighted by atomic mass is 35.5. The van der Waals surface area contributed by atoms with Crippen LogP contribution in [0.2, 0.25) is 5.02 Å². The summed E-state index contributed by atoms with van der Waals surface area (Å²) in [5.74, 6) is 2.26. The molecule has 0 spiro atoms. The Balaban J connectivity index is 1.71. The lowest BCUT2D eigenvalue weighted by Gasteiger charge is -2.24. The molecule has 2 aromatic rings. The molecule has 0 amide bonds. The van der Waals surface area contributed by atoms with Gasteiger partial charge in [-0.2, -0.15) is 0 Å². The number of rotatable bonds is 4. The molecular formula is C14H19ClN6. The third-order valence-corrected chi connectivity index (χ3v) is 4.17. The molecule has 3 rings (SSSR count). The van der Waals surface area contributed by atoms with Crippen LogP contribution in [0.3, 0.4) is 0 Å². The molecule has 1 N–H and O–H groups in total. The van der Waals surface area contributed by atoms with Gasteiger partial charge < -0.3 is 9.88 Å². The first kappa shape index (κ1) is 14.3. The van der Waals surface area contributed by atoms with Crippen LogP contribution in [-0.2, 0) is 6.54 Å². The predicted octanol–water partition coefficient (Wildman–Crippen LogP) is 3.15. The van der Waals surface area contributed by atoms with Gasteiger partial charge in [0, 0.05) is 6.04 Å². The van der Waals surface area contributed by atoms with Gasteiger partial charge in [0.25, 0.3) is 0 Å². The lowest BCUT2D eigenvalue weighted by molar-refractivity contribution is 0.346. The second kappa shape index (κ2) is 6.39. The van der Waals surface area contributed by atoms with Crippen molar-refractivity contribution in [1.29, 1.82) is 0 Å². The van der Waals surface area contributed by atoms with Crippen molar-refractivity contribution < 1.29 is 0 Å². The number of nitrogens with one attached hydrogen (secondary N) is 1. The summed E-state index contributed by atoms with van der Waals surface area (Å²) < 4.78 is 2.19. The molecule has 21 heavy (non-hydrogen) atoms. The first-order chi connectivity index (χ1) is 10.2. The fraction of sp³-hybridized carbons (Fsp3) is 0.571. The van der Waals surface area contributed by atoms with E-state index in [-0.39, 0.29) is 0 Å². The van der Waals surface area contributed by atoms with Crippen LogP contribution in [0.4, 0.5) is 5.82 Å². The Morgan fingerprint density at radius 2 is 2.14 bits per heavy atom. The van der Waals surface area contributed by atoms with Gasteiger partial charge in [-0.3, -0.25) is 0 Å². The maximum Gasteiger partial charge on any atom is 0.152 e. The highest BCUT2D eigenvalue weighted by Gasteiger charge is 2.18. The summed E-state index contributed by atoms with van der Waals surface area (Å²) >= 11 is 6.09. The van der Waals surface area contributed by atoms with E-state index in [1.54, 1.807) is 6.20 Å². The normalized spacial score (nSPS) is 16.1. The average molecular weight is 307 g/mol. The Morgan fingerprint density at radius 1 is 1.33 bits per heavy atom. The van der Waals surface area contributed by atoms with Crippen molar-refractivity contribution >= 4 is 17.4 Å². The Bertz CT molecular complexity index is 605. The quantitative estimate of drug-likeness (QED) is 0.939. The van der Waals surface area contributed by atoms with Crippen molar-refractivity contribution in [2.45, 2.75) is 51.6 Å². The summed E-state index contributed by atoms with van der Waals surface area (Å²) in [5, 5.41) is 12.0. The summed E-state index contributed by atoms with van der Waals surface area (Å²) in [6.07, 6.45) is 9.76. The SMILES string of the molecule is Cc1ncc(Cl)c(NCc2nncn2C2CCCCC2)n1. The third kappa shape index (κ3) is 3.32. The molecule has 0 radical (unpaired) electrons. The molecule has 1 saturated carbocycles. The molecule has 0 bridgehead atoms. The number of aryl methyl sites for hydroxylation is 1. The monoisotopic (exact) mass is 306 g/mol. The highest BCUT2D eigenvalue weighted by Crippen LogP contribution is 2.28. The molecule has 1 aliphatic carbocycles. The molecule has 7 heteroatoms. The van der Waals surface area contributed by atoms with E-state index >= 15 is 0 Å². The van der Waals surface area contributed by atoms with Crippen LogP contribution >= 0.6 is 11.6 Å². The minimum atomic E-state index is 0.518. The molecule has 2 aromatic heterocycles. The van der Waals surface area contributed by atoms with E-state index < -0.39 is 0 Å². The molecule has 112 valence electrons. The van der Waals surface area contributed by atoms with E-state index in [4.69, 9.17) is 11.6 Å². The fourth-order valence-corrected chi connectivity index (χ4v) is 2.96. The van der Waals surface area contributed by atoms with Crippen LogP contribution in [0.15, 0.2) is 12.5 Å². The number of halogens is 1. The molecule has 6 nitrogen and oxygen atoms in total. The van der Waals surface area contributed by atoms with E-state index in [0.717, 1.165) is 5.82 Å².